The second kappa shape index (κ2) is 6.37. The van der Waals surface area contributed by atoms with Crippen molar-refractivity contribution in [3.8, 4) is 11.6 Å². The molecule has 0 atom stereocenters. The van der Waals surface area contributed by atoms with Crippen molar-refractivity contribution in [2.24, 2.45) is 0 Å². The molecule has 100 valence electrons. The number of hydrogen-bond acceptors (Lipinski definition) is 3. The van der Waals surface area contributed by atoms with E-state index >= 15 is 0 Å². The first-order valence-electron chi connectivity index (χ1n) is 5.84. The van der Waals surface area contributed by atoms with Crippen molar-refractivity contribution in [3.05, 3.63) is 51.1 Å². The van der Waals surface area contributed by atoms with Gasteiger partial charge in [0.2, 0.25) is 5.88 Å². The number of benzene rings is 1. The van der Waals surface area contributed by atoms with E-state index in [2.05, 4.69) is 26.2 Å². The molecule has 0 fully saturated rings. The smallest absolute Gasteiger partial charge is 0.219 e. The molecular formula is C14H14BrClN2O. The Labute approximate surface area is 126 Å². The van der Waals surface area contributed by atoms with Gasteiger partial charge in [0.1, 0.15) is 5.75 Å². The van der Waals surface area contributed by atoms with Crippen LogP contribution in [-0.2, 0) is 6.54 Å². The van der Waals surface area contributed by atoms with Crippen molar-refractivity contribution < 1.29 is 4.74 Å². The zero-order chi connectivity index (χ0) is 13.8. The van der Waals surface area contributed by atoms with Crippen molar-refractivity contribution in [1.29, 1.82) is 0 Å². The van der Waals surface area contributed by atoms with Crippen LogP contribution in [0.1, 0.15) is 11.3 Å². The van der Waals surface area contributed by atoms with E-state index in [-0.39, 0.29) is 0 Å². The summed E-state index contributed by atoms with van der Waals surface area (Å²) in [5, 5.41) is 3.66. The summed E-state index contributed by atoms with van der Waals surface area (Å²) in [5.41, 5.74) is 2.09. The van der Waals surface area contributed by atoms with Crippen LogP contribution in [-0.4, -0.2) is 12.0 Å². The molecular weight excluding hydrogens is 328 g/mol. The first-order chi connectivity index (χ1) is 9.10. The molecule has 0 saturated carbocycles. The monoisotopic (exact) mass is 340 g/mol. The molecule has 1 aromatic carbocycles. The van der Waals surface area contributed by atoms with E-state index in [1.165, 1.54) is 0 Å². The number of ether oxygens (including phenoxy) is 1. The molecule has 0 aliphatic rings. The second-order valence-electron chi connectivity index (χ2n) is 4.10. The molecule has 0 aliphatic heterocycles. The molecule has 0 aliphatic carbocycles. The third kappa shape index (κ3) is 3.69. The van der Waals surface area contributed by atoms with Gasteiger partial charge in [-0.3, -0.25) is 0 Å². The number of rotatable bonds is 4. The predicted octanol–water partition coefficient (Wildman–Crippen LogP) is 4.32. The van der Waals surface area contributed by atoms with Gasteiger partial charge in [0.15, 0.2) is 0 Å². The van der Waals surface area contributed by atoms with Crippen LogP contribution >= 0.6 is 27.5 Å². The van der Waals surface area contributed by atoms with Crippen LogP contribution < -0.4 is 10.1 Å². The number of aryl methyl sites for hydroxylation is 1. The standard InChI is InChI=1S/C14H14BrClN2O/c1-9-10(8-17-2)3-6-14(18-9)19-13-7-11(15)4-5-12(13)16/h3-7,17H,8H2,1-2H3. The Hall–Kier alpha value is -1.10. The molecule has 19 heavy (non-hydrogen) atoms. The highest BCUT2D eigenvalue weighted by Crippen LogP contribution is 2.31. The van der Waals surface area contributed by atoms with Crippen LogP contribution in [0.2, 0.25) is 5.02 Å². The van der Waals surface area contributed by atoms with Gasteiger partial charge in [-0.25, -0.2) is 4.98 Å². The number of nitrogens with zero attached hydrogens (tertiary/aromatic N) is 1. The fraction of sp³-hybridized carbons (Fsp3) is 0.214. The molecule has 0 spiro atoms. The minimum atomic E-state index is 0.539. The fourth-order valence-electron chi connectivity index (χ4n) is 1.67. The van der Waals surface area contributed by atoms with Gasteiger partial charge in [0, 0.05) is 22.8 Å². The minimum Gasteiger partial charge on any atom is -0.437 e. The number of pyridine rings is 1. The molecule has 1 heterocycles. The maximum Gasteiger partial charge on any atom is 0.219 e. The van der Waals surface area contributed by atoms with E-state index in [1.54, 1.807) is 6.07 Å². The quantitative estimate of drug-likeness (QED) is 0.899. The summed E-state index contributed by atoms with van der Waals surface area (Å²) in [6.45, 7) is 2.75. The molecule has 0 bridgehead atoms. The SMILES string of the molecule is CNCc1ccc(Oc2cc(Br)ccc2Cl)nc1C. The molecule has 1 N–H and O–H groups in total. The summed E-state index contributed by atoms with van der Waals surface area (Å²) >= 11 is 9.47. The lowest BCUT2D eigenvalue weighted by Crippen LogP contribution is -2.07. The summed E-state index contributed by atoms with van der Waals surface area (Å²) in [6.07, 6.45) is 0. The Morgan fingerprint density at radius 1 is 1.32 bits per heavy atom. The first-order valence-corrected chi connectivity index (χ1v) is 7.01. The minimum absolute atomic E-state index is 0.539. The summed E-state index contributed by atoms with van der Waals surface area (Å²) in [6, 6.07) is 9.31. The van der Waals surface area contributed by atoms with Crippen LogP contribution in [0.15, 0.2) is 34.8 Å². The van der Waals surface area contributed by atoms with Crippen LogP contribution in [0.3, 0.4) is 0 Å². The highest BCUT2D eigenvalue weighted by molar-refractivity contribution is 9.10. The zero-order valence-corrected chi connectivity index (χ0v) is 13.0. The average molecular weight is 342 g/mol. The maximum atomic E-state index is 6.08. The topological polar surface area (TPSA) is 34.1 Å². The van der Waals surface area contributed by atoms with Crippen molar-refractivity contribution in [3.63, 3.8) is 0 Å². The van der Waals surface area contributed by atoms with E-state index in [9.17, 15) is 0 Å². The number of halogens is 2. The molecule has 0 unspecified atom stereocenters. The summed E-state index contributed by atoms with van der Waals surface area (Å²) in [5.74, 6) is 1.13. The highest BCUT2D eigenvalue weighted by Gasteiger charge is 2.07. The molecule has 0 radical (unpaired) electrons. The number of aromatic nitrogens is 1. The molecule has 0 saturated heterocycles. The molecule has 2 rings (SSSR count). The Kier molecular flexibility index (Phi) is 4.80. The van der Waals surface area contributed by atoms with Gasteiger partial charge < -0.3 is 10.1 Å². The number of hydrogen-bond donors (Lipinski definition) is 1. The van der Waals surface area contributed by atoms with Crippen molar-refractivity contribution in [2.45, 2.75) is 13.5 Å². The zero-order valence-electron chi connectivity index (χ0n) is 10.7. The first kappa shape index (κ1) is 14.3. The third-order valence-corrected chi connectivity index (χ3v) is 3.45. The number of nitrogens with one attached hydrogen (secondary N) is 1. The molecule has 2 aromatic rings. The predicted molar refractivity (Wildman–Crippen MR) is 81.0 cm³/mol. The summed E-state index contributed by atoms with van der Waals surface area (Å²) < 4.78 is 6.62. The maximum absolute atomic E-state index is 6.08. The van der Waals surface area contributed by atoms with Gasteiger partial charge in [-0.2, -0.15) is 0 Å². The van der Waals surface area contributed by atoms with Crippen LogP contribution in [0.4, 0.5) is 0 Å². The molecule has 5 heteroatoms. The Morgan fingerprint density at radius 3 is 2.79 bits per heavy atom. The van der Waals surface area contributed by atoms with Crippen LogP contribution in [0, 0.1) is 6.92 Å². The Bertz CT molecular complexity index is 590. The lowest BCUT2D eigenvalue weighted by atomic mass is 10.2. The van der Waals surface area contributed by atoms with Gasteiger partial charge in [-0.05, 0) is 37.7 Å². The van der Waals surface area contributed by atoms with E-state index < -0.39 is 0 Å². The third-order valence-electron chi connectivity index (χ3n) is 2.64. The summed E-state index contributed by atoms with van der Waals surface area (Å²) in [4.78, 5) is 4.42. The van der Waals surface area contributed by atoms with E-state index in [0.717, 1.165) is 22.3 Å². The molecule has 3 nitrogen and oxygen atoms in total. The van der Waals surface area contributed by atoms with Crippen molar-refractivity contribution in [2.75, 3.05) is 7.05 Å². The lowest BCUT2D eigenvalue weighted by molar-refractivity contribution is 0.461. The van der Waals surface area contributed by atoms with E-state index in [1.807, 2.05) is 38.2 Å². The molecule has 1 aromatic heterocycles. The van der Waals surface area contributed by atoms with Gasteiger partial charge >= 0.3 is 0 Å². The second-order valence-corrected chi connectivity index (χ2v) is 5.42. The van der Waals surface area contributed by atoms with Crippen molar-refractivity contribution in [1.82, 2.24) is 10.3 Å². The van der Waals surface area contributed by atoms with Gasteiger partial charge in [-0.15, -0.1) is 0 Å². The summed E-state index contributed by atoms with van der Waals surface area (Å²) in [7, 11) is 1.91. The van der Waals surface area contributed by atoms with Crippen molar-refractivity contribution >= 4 is 27.5 Å². The Balaban J connectivity index is 2.24. The van der Waals surface area contributed by atoms with Gasteiger partial charge in [-0.1, -0.05) is 33.6 Å². The normalized spacial score (nSPS) is 10.5. The van der Waals surface area contributed by atoms with E-state index in [0.29, 0.717) is 16.7 Å². The van der Waals surface area contributed by atoms with E-state index in [4.69, 9.17) is 16.3 Å². The average Bonchev–Trinajstić information content (AvgIpc) is 2.37. The lowest BCUT2D eigenvalue weighted by Gasteiger charge is -2.10. The van der Waals surface area contributed by atoms with Gasteiger partial charge in [0.25, 0.3) is 0 Å². The van der Waals surface area contributed by atoms with Gasteiger partial charge in [0.05, 0.1) is 5.02 Å². The molecule has 0 amide bonds. The van der Waals surface area contributed by atoms with Crippen LogP contribution in [0.25, 0.3) is 0 Å². The highest BCUT2D eigenvalue weighted by atomic mass is 79.9. The largest absolute Gasteiger partial charge is 0.437 e. The Morgan fingerprint density at radius 2 is 2.11 bits per heavy atom. The fourth-order valence-corrected chi connectivity index (χ4v) is 2.17. The van der Waals surface area contributed by atoms with Crippen LogP contribution in [0.5, 0.6) is 11.6 Å².